The average Bonchev–Trinajstić information content (AvgIpc) is 2.53. The van der Waals surface area contributed by atoms with Gasteiger partial charge >= 0.3 is 0 Å². The van der Waals surface area contributed by atoms with Gasteiger partial charge in [0.05, 0.1) is 0 Å². The summed E-state index contributed by atoms with van der Waals surface area (Å²) in [4.78, 5) is 0. The van der Waals surface area contributed by atoms with Crippen LogP contribution in [-0.2, 0) is 6.42 Å². The molecule has 2 rings (SSSR count). The average molecular weight is 234 g/mol. The normalized spacial score (nSPS) is 18.1. The number of para-hydroxylation sites is 1. The Hall–Kier alpha value is -1.71. The molecule has 0 radical (unpaired) electrons. The number of rotatable bonds is 3. The zero-order valence-electron chi connectivity index (χ0n) is 10.4. The molecule has 0 bridgehead atoms. The molecule has 1 unspecified atom stereocenters. The van der Waals surface area contributed by atoms with Crippen molar-refractivity contribution in [3.05, 3.63) is 23.8 Å². The summed E-state index contributed by atoms with van der Waals surface area (Å²) in [6, 6.07) is 5.82. The minimum atomic E-state index is -0.436. The maximum Gasteiger partial charge on any atom is 0.165 e. The molecule has 0 spiro atoms. The van der Waals surface area contributed by atoms with Crippen molar-refractivity contribution < 1.29 is 9.47 Å². The van der Waals surface area contributed by atoms with Gasteiger partial charge in [0.15, 0.2) is 17.6 Å². The van der Waals surface area contributed by atoms with Crippen molar-refractivity contribution in [3.8, 4) is 11.5 Å². The Morgan fingerprint density at radius 1 is 1.53 bits per heavy atom. The van der Waals surface area contributed by atoms with Crippen molar-refractivity contribution in [1.82, 2.24) is 0 Å². The Bertz CT molecular complexity index is 455. The van der Waals surface area contributed by atoms with Crippen molar-refractivity contribution in [2.45, 2.75) is 38.9 Å². The summed E-state index contributed by atoms with van der Waals surface area (Å²) in [5.41, 5.74) is 6.35. The summed E-state index contributed by atoms with van der Waals surface area (Å²) in [6.45, 7) is 5.85. The Kier molecular flexibility index (Phi) is 2.73. The number of hydrogen-bond donors (Lipinski definition) is 2. The number of benzene rings is 1. The highest BCUT2D eigenvalue weighted by molar-refractivity contribution is 5.81. The molecule has 1 aliphatic heterocycles. The van der Waals surface area contributed by atoms with Crippen molar-refractivity contribution in [3.63, 3.8) is 0 Å². The second-order valence-corrected chi connectivity index (χ2v) is 5.00. The zero-order valence-corrected chi connectivity index (χ0v) is 10.4. The quantitative estimate of drug-likeness (QED) is 0.621. The highest BCUT2D eigenvalue weighted by atomic mass is 16.5. The van der Waals surface area contributed by atoms with Crippen molar-refractivity contribution in [2.75, 3.05) is 0 Å². The first-order valence-electron chi connectivity index (χ1n) is 5.70. The Morgan fingerprint density at radius 2 is 2.24 bits per heavy atom. The summed E-state index contributed by atoms with van der Waals surface area (Å²) in [6.07, 6.45) is 0.433. The van der Waals surface area contributed by atoms with E-state index in [-0.39, 0.29) is 11.4 Å². The third-order valence-corrected chi connectivity index (χ3v) is 2.80. The van der Waals surface area contributed by atoms with Gasteiger partial charge in [0.2, 0.25) is 0 Å². The molecule has 1 aromatic carbocycles. The van der Waals surface area contributed by atoms with E-state index in [1.807, 2.05) is 32.0 Å². The lowest BCUT2D eigenvalue weighted by Gasteiger charge is -2.19. The van der Waals surface area contributed by atoms with Crippen LogP contribution < -0.4 is 15.2 Å². The minimum Gasteiger partial charge on any atom is -0.483 e. The predicted octanol–water partition coefficient (Wildman–Crippen LogP) is 2.10. The molecule has 1 heterocycles. The predicted molar refractivity (Wildman–Crippen MR) is 66.9 cm³/mol. The summed E-state index contributed by atoms with van der Waals surface area (Å²) < 4.78 is 11.5. The van der Waals surface area contributed by atoms with Crippen LogP contribution in [0.3, 0.4) is 0 Å². The smallest absolute Gasteiger partial charge is 0.165 e. The SMILES string of the molecule is CC(Oc1cccc2c1OC(C)(C)C2)C(=N)N. The van der Waals surface area contributed by atoms with E-state index in [2.05, 4.69) is 0 Å². The lowest BCUT2D eigenvalue weighted by atomic mass is 10.0. The molecular formula is C13H18N2O2. The van der Waals surface area contributed by atoms with Crippen molar-refractivity contribution in [1.29, 1.82) is 5.41 Å². The number of hydrogen-bond acceptors (Lipinski definition) is 3. The van der Waals surface area contributed by atoms with Gasteiger partial charge in [-0.1, -0.05) is 12.1 Å². The summed E-state index contributed by atoms with van der Waals surface area (Å²) in [7, 11) is 0. The fourth-order valence-electron chi connectivity index (χ4n) is 1.93. The first-order valence-corrected chi connectivity index (χ1v) is 5.70. The lowest BCUT2D eigenvalue weighted by Crippen LogP contribution is -2.30. The second kappa shape index (κ2) is 3.95. The molecule has 1 aromatic rings. The first-order chi connectivity index (χ1) is 7.89. The largest absolute Gasteiger partial charge is 0.483 e. The number of ether oxygens (including phenoxy) is 2. The van der Waals surface area contributed by atoms with Gasteiger partial charge < -0.3 is 15.2 Å². The van der Waals surface area contributed by atoms with Crippen LogP contribution >= 0.6 is 0 Å². The van der Waals surface area contributed by atoms with Crippen LogP contribution in [-0.4, -0.2) is 17.5 Å². The molecule has 0 fully saturated rings. The zero-order chi connectivity index (χ0) is 12.6. The van der Waals surface area contributed by atoms with Gasteiger partial charge in [-0.2, -0.15) is 0 Å². The van der Waals surface area contributed by atoms with Crippen LogP contribution in [0.5, 0.6) is 11.5 Å². The van der Waals surface area contributed by atoms with E-state index in [9.17, 15) is 0 Å². The minimum absolute atomic E-state index is 0.0138. The van der Waals surface area contributed by atoms with Gasteiger partial charge in [-0.3, -0.25) is 5.41 Å². The molecule has 1 atom stereocenters. The molecule has 92 valence electrons. The highest BCUT2D eigenvalue weighted by Crippen LogP contribution is 2.41. The van der Waals surface area contributed by atoms with Gasteiger partial charge in [0, 0.05) is 12.0 Å². The first kappa shape index (κ1) is 11.8. The number of fused-ring (bicyclic) bond motifs is 1. The summed E-state index contributed by atoms with van der Waals surface area (Å²) >= 11 is 0. The summed E-state index contributed by atoms with van der Waals surface area (Å²) in [5, 5.41) is 7.34. The fraction of sp³-hybridized carbons (Fsp3) is 0.462. The van der Waals surface area contributed by atoms with Crippen molar-refractivity contribution >= 4 is 5.84 Å². The van der Waals surface area contributed by atoms with Crippen LogP contribution in [0, 0.1) is 5.41 Å². The van der Waals surface area contributed by atoms with Crippen LogP contribution in [0.15, 0.2) is 18.2 Å². The van der Waals surface area contributed by atoms with E-state index in [4.69, 9.17) is 20.6 Å². The van der Waals surface area contributed by atoms with E-state index in [0.29, 0.717) is 5.75 Å². The summed E-state index contributed by atoms with van der Waals surface area (Å²) in [5.74, 6) is 1.46. The molecule has 0 aliphatic carbocycles. The maximum absolute atomic E-state index is 7.34. The molecule has 0 aromatic heterocycles. The maximum atomic E-state index is 7.34. The monoisotopic (exact) mass is 234 g/mol. The molecule has 1 aliphatic rings. The van der Waals surface area contributed by atoms with Gasteiger partial charge in [0.1, 0.15) is 11.4 Å². The number of nitrogens with one attached hydrogen (secondary N) is 1. The third kappa shape index (κ3) is 2.35. The van der Waals surface area contributed by atoms with E-state index >= 15 is 0 Å². The van der Waals surface area contributed by atoms with Gasteiger partial charge in [0.25, 0.3) is 0 Å². The van der Waals surface area contributed by atoms with Crippen LogP contribution in [0.1, 0.15) is 26.3 Å². The van der Waals surface area contributed by atoms with E-state index < -0.39 is 6.10 Å². The van der Waals surface area contributed by atoms with Gasteiger partial charge in [-0.05, 0) is 26.8 Å². The van der Waals surface area contributed by atoms with Gasteiger partial charge in [-0.25, -0.2) is 0 Å². The van der Waals surface area contributed by atoms with E-state index in [1.165, 1.54) is 0 Å². The van der Waals surface area contributed by atoms with Crippen molar-refractivity contribution in [2.24, 2.45) is 5.73 Å². The highest BCUT2D eigenvalue weighted by Gasteiger charge is 2.32. The van der Waals surface area contributed by atoms with Gasteiger partial charge in [-0.15, -0.1) is 0 Å². The fourth-order valence-corrected chi connectivity index (χ4v) is 1.93. The molecule has 3 N–H and O–H groups in total. The Balaban J connectivity index is 2.27. The topological polar surface area (TPSA) is 68.3 Å². The third-order valence-electron chi connectivity index (χ3n) is 2.80. The Morgan fingerprint density at radius 3 is 2.88 bits per heavy atom. The number of nitrogens with two attached hydrogens (primary N) is 1. The second-order valence-electron chi connectivity index (χ2n) is 5.00. The molecule has 0 amide bonds. The molecule has 4 nitrogen and oxygen atoms in total. The van der Waals surface area contributed by atoms with E-state index in [0.717, 1.165) is 17.7 Å². The van der Waals surface area contributed by atoms with Crippen LogP contribution in [0.25, 0.3) is 0 Å². The van der Waals surface area contributed by atoms with Crippen LogP contribution in [0.2, 0.25) is 0 Å². The standard InChI is InChI=1S/C13H18N2O2/c1-8(12(14)15)16-10-6-4-5-9-7-13(2,3)17-11(9)10/h4-6,8H,7H2,1-3H3,(H3,14,15). The molecular weight excluding hydrogens is 216 g/mol. The molecule has 17 heavy (non-hydrogen) atoms. The number of amidine groups is 1. The lowest BCUT2D eigenvalue weighted by molar-refractivity contribution is 0.131. The molecule has 4 heteroatoms. The van der Waals surface area contributed by atoms with Crippen LogP contribution in [0.4, 0.5) is 0 Å². The van der Waals surface area contributed by atoms with E-state index in [1.54, 1.807) is 6.92 Å². The Labute approximate surface area is 101 Å². The molecule has 0 saturated heterocycles. The molecule has 0 saturated carbocycles.